The first-order valence-corrected chi connectivity index (χ1v) is 11.2. The van der Waals surface area contributed by atoms with Crippen molar-refractivity contribution in [2.45, 2.75) is 30.6 Å². The number of aromatic hydroxyl groups is 1. The van der Waals surface area contributed by atoms with E-state index in [1.807, 2.05) is 0 Å². The van der Waals surface area contributed by atoms with Gasteiger partial charge in [-0.2, -0.15) is 0 Å². The Morgan fingerprint density at radius 2 is 1.82 bits per heavy atom. The number of fused-ring (bicyclic) bond motifs is 3. The van der Waals surface area contributed by atoms with E-state index in [4.69, 9.17) is 17.3 Å². The number of benzene rings is 1. The molecule has 0 radical (unpaired) electrons. The molecule has 0 aromatic heterocycles. The fourth-order valence-electron chi connectivity index (χ4n) is 6.12. The molecule has 0 heterocycles. The first kappa shape index (κ1) is 24.5. The maximum Gasteiger partial charge on any atom is 0.230 e. The highest BCUT2D eigenvalue weighted by molar-refractivity contribution is 6.34. The maximum atomic E-state index is 13.7. The van der Waals surface area contributed by atoms with Crippen LogP contribution in [0.2, 0.25) is 5.02 Å². The number of ketones is 2. The van der Waals surface area contributed by atoms with E-state index in [0.717, 1.165) is 0 Å². The Kier molecular flexibility index (Phi) is 5.72. The second kappa shape index (κ2) is 7.94. The van der Waals surface area contributed by atoms with Gasteiger partial charge in [0, 0.05) is 37.7 Å². The Morgan fingerprint density at radius 1 is 1.21 bits per heavy atom. The molecule has 2 saturated carbocycles. The minimum atomic E-state index is -2.67. The summed E-state index contributed by atoms with van der Waals surface area (Å²) in [7, 11) is 6.71. The van der Waals surface area contributed by atoms with Crippen LogP contribution in [-0.4, -0.2) is 88.7 Å². The number of aliphatic hydroxyl groups excluding tert-OH is 2. The van der Waals surface area contributed by atoms with Crippen molar-refractivity contribution >= 4 is 40.5 Å². The zero-order valence-electron chi connectivity index (χ0n) is 19.2. The van der Waals surface area contributed by atoms with Gasteiger partial charge in [-0.05, 0) is 38.4 Å². The van der Waals surface area contributed by atoms with Crippen molar-refractivity contribution in [3.8, 4) is 5.75 Å². The van der Waals surface area contributed by atoms with Gasteiger partial charge in [-0.1, -0.05) is 11.6 Å². The number of carbonyl (C=O) groups excluding carboxylic acids is 3. The lowest BCUT2D eigenvalue weighted by Crippen LogP contribution is -2.73. The van der Waals surface area contributed by atoms with Gasteiger partial charge in [0.15, 0.2) is 11.4 Å². The average molecular weight is 494 g/mol. The number of primary amides is 1. The molecule has 0 bridgehead atoms. The van der Waals surface area contributed by atoms with Gasteiger partial charge in [0.05, 0.1) is 22.4 Å². The molecule has 6 N–H and O–H groups in total. The summed E-state index contributed by atoms with van der Waals surface area (Å²) in [5.74, 6) is -7.76. The third-order valence-electron chi connectivity index (χ3n) is 7.46. The van der Waals surface area contributed by atoms with Crippen LogP contribution in [0.15, 0.2) is 11.6 Å². The fourth-order valence-corrected chi connectivity index (χ4v) is 6.50. The minimum absolute atomic E-state index is 0.00801. The number of hydrogen-bond acceptors (Lipinski definition) is 9. The van der Waals surface area contributed by atoms with Crippen LogP contribution < -0.4 is 10.6 Å². The van der Waals surface area contributed by atoms with E-state index in [1.165, 1.54) is 6.07 Å². The van der Waals surface area contributed by atoms with E-state index < -0.39 is 58.7 Å². The number of nitrogens with zero attached hydrogens (tertiary/aromatic N) is 2. The van der Waals surface area contributed by atoms with Gasteiger partial charge in [0.1, 0.15) is 17.4 Å². The van der Waals surface area contributed by atoms with Crippen molar-refractivity contribution in [3.63, 3.8) is 0 Å². The van der Waals surface area contributed by atoms with Gasteiger partial charge in [-0.25, -0.2) is 0 Å². The number of hydrogen-bond donors (Lipinski definition) is 5. The van der Waals surface area contributed by atoms with Crippen molar-refractivity contribution in [1.29, 1.82) is 0 Å². The van der Waals surface area contributed by atoms with Crippen LogP contribution in [0.1, 0.15) is 17.5 Å². The van der Waals surface area contributed by atoms with E-state index in [2.05, 4.69) is 0 Å². The van der Waals surface area contributed by atoms with Gasteiger partial charge < -0.3 is 36.0 Å². The van der Waals surface area contributed by atoms with E-state index in [9.17, 15) is 34.8 Å². The number of Topliss-reactive ketones (excluding diaryl/α,β-unsaturated/α-hetero) is 2. The van der Waals surface area contributed by atoms with Crippen LogP contribution in [0.25, 0.3) is 5.76 Å². The summed E-state index contributed by atoms with van der Waals surface area (Å²) in [5.41, 5.74) is 3.60. The number of nitrogens with two attached hydrogens (primary N) is 1. The topological polar surface area (TPSA) is 165 Å². The zero-order chi connectivity index (χ0) is 25.4. The molecule has 6 atom stereocenters. The van der Waals surface area contributed by atoms with Gasteiger partial charge in [0.2, 0.25) is 11.7 Å². The number of likely N-dealkylation sites (N-methyl/N-ethyl adjacent to an activating group) is 1. The summed E-state index contributed by atoms with van der Waals surface area (Å²) in [5, 5.41) is 44.4. The summed E-state index contributed by atoms with van der Waals surface area (Å²) in [6.45, 7) is 0. The Bertz CT molecular complexity index is 1150. The third-order valence-corrected chi connectivity index (χ3v) is 7.75. The van der Waals surface area contributed by atoms with E-state index in [-0.39, 0.29) is 34.8 Å². The second-order valence-corrected chi connectivity index (χ2v) is 10.2. The molecule has 1 aromatic rings. The maximum absolute atomic E-state index is 13.7. The van der Waals surface area contributed by atoms with Crippen LogP contribution in [0.3, 0.4) is 0 Å². The molecule has 11 heteroatoms. The van der Waals surface area contributed by atoms with E-state index in [1.54, 1.807) is 38.0 Å². The standard InChI is InChI=1S/C23H28ClN3O7/c1-26(2)16-9-5-8-6-10-17(27(3)4)19(30)15(22(25)33)21(32)23(10,34)20(31)13(8)18(29)14(9)12(28)7-11(16)24/h7-8,10,15,17,19,28-30,34H,5-6H2,1-4H3,(H2,25,33)/t8?,10?,15?,17-,19?,23-/m0/s1. The highest BCUT2D eigenvalue weighted by Gasteiger charge is 2.67. The summed E-state index contributed by atoms with van der Waals surface area (Å²) in [6.07, 6.45) is -1.28. The van der Waals surface area contributed by atoms with Gasteiger partial charge in [-0.15, -0.1) is 0 Å². The SMILES string of the molecule is CN(C)c1c(Cl)cc(O)c2c1CC1CC3[C@H](N(C)C)C(O)C(C(N)=O)C(=O)[C@@]3(O)C(=O)C1=C2O. The quantitative estimate of drug-likeness (QED) is 0.360. The van der Waals surface area contributed by atoms with Crippen molar-refractivity contribution in [3.05, 3.63) is 27.8 Å². The van der Waals surface area contributed by atoms with Crippen LogP contribution in [0.5, 0.6) is 5.75 Å². The molecule has 34 heavy (non-hydrogen) atoms. The lowest BCUT2D eigenvalue weighted by molar-refractivity contribution is -0.184. The first-order valence-electron chi connectivity index (χ1n) is 10.9. The van der Waals surface area contributed by atoms with Crippen LogP contribution in [0, 0.1) is 17.8 Å². The van der Waals surface area contributed by atoms with Gasteiger partial charge in [-0.3, -0.25) is 14.4 Å². The minimum Gasteiger partial charge on any atom is -0.507 e. The van der Waals surface area contributed by atoms with Crippen molar-refractivity contribution in [1.82, 2.24) is 4.90 Å². The largest absolute Gasteiger partial charge is 0.507 e. The second-order valence-electron chi connectivity index (χ2n) is 9.76. The number of carbonyl (C=O) groups is 3. The van der Waals surface area contributed by atoms with Crippen LogP contribution in [-0.2, 0) is 20.8 Å². The summed E-state index contributed by atoms with van der Waals surface area (Å²) in [4.78, 5) is 42.3. The number of phenolic OH excluding ortho intramolecular Hbond substituents is 1. The number of phenols is 1. The fraction of sp³-hybridized carbons (Fsp3) is 0.522. The lowest BCUT2D eigenvalue weighted by Gasteiger charge is -2.53. The lowest BCUT2D eigenvalue weighted by atomic mass is 9.54. The molecule has 184 valence electrons. The van der Waals surface area contributed by atoms with Crippen molar-refractivity contribution in [2.24, 2.45) is 23.5 Å². The van der Waals surface area contributed by atoms with E-state index >= 15 is 0 Å². The summed E-state index contributed by atoms with van der Waals surface area (Å²) < 4.78 is 0. The first-order chi connectivity index (χ1) is 15.7. The van der Waals surface area contributed by atoms with Gasteiger partial charge in [0.25, 0.3) is 0 Å². The number of rotatable bonds is 3. The number of amides is 1. The molecular weight excluding hydrogens is 466 g/mol. The van der Waals surface area contributed by atoms with E-state index in [0.29, 0.717) is 11.3 Å². The Labute approximate surface area is 201 Å². The molecule has 0 spiro atoms. The third kappa shape index (κ3) is 3.09. The predicted octanol–water partition coefficient (Wildman–Crippen LogP) is -0.152. The molecule has 3 aliphatic carbocycles. The molecule has 4 unspecified atom stereocenters. The molecule has 10 nitrogen and oxygen atoms in total. The summed E-state index contributed by atoms with van der Waals surface area (Å²) >= 11 is 6.36. The molecule has 1 aromatic carbocycles. The molecule has 4 rings (SSSR count). The monoisotopic (exact) mass is 493 g/mol. The highest BCUT2D eigenvalue weighted by atomic mass is 35.5. The molecule has 2 fully saturated rings. The highest BCUT2D eigenvalue weighted by Crippen LogP contribution is 2.54. The number of halogens is 1. The predicted molar refractivity (Wildman–Crippen MR) is 123 cm³/mol. The molecular formula is C23H28ClN3O7. The Hall–Kier alpha value is -2.66. The normalized spacial score (nSPS) is 32.9. The number of anilines is 1. The van der Waals surface area contributed by atoms with Crippen LogP contribution in [0.4, 0.5) is 5.69 Å². The molecule has 0 saturated heterocycles. The van der Waals surface area contributed by atoms with Crippen molar-refractivity contribution in [2.75, 3.05) is 33.1 Å². The zero-order valence-corrected chi connectivity index (χ0v) is 20.0. The van der Waals surface area contributed by atoms with Gasteiger partial charge >= 0.3 is 0 Å². The van der Waals surface area contributed by atoms with Crippen molar-refractivity contribution < 1.29 is 34.8 Å². The smallest absolute Gasteiger partial charge is 0.230 e. The Morgan fingerprint density at radius 3 is 2.35 bits per heavy atom. The van der Waals surface area contributed by atoms with Crippen LogP contribution >= 0.6 is 11.6 Å². The molecule has 1 amide bonds. The average Bonchev–Trinajstić information content (AvgIpc) is 2.69. The number of aliphatic hydroxyl groups is 3. The Balaban J connectivity index is 1.96. The molecule has 3 aliphatic rings. The summed E-state index contributed by atoms with van der Waals surface area (Å²) in [6, 6.07) is 0.320. The molecule has 0 aliphatic heterocycles.